The maximum Gasteiger partial charge on any atom is 0.240 e. The normalized spacial score (nSPS) is 24.0. The summed E-state index contributed by atoms with van der Waals surface area (Å²) in [7, 11) is 0. The van der Waals surface area contributed by atoms with Crippen LogP contribution in [0.25, 0.3) is 0 Å². The number of aryl methyl sites for hydroxylation is 1. The average Bonchev–Trinajstić information content (AvgIpc) is 2.62. The second-order valence-corrected chi connectivity index (χ2v) is 3.41. The molecule has 1 N–H and O–H groups in total. The van der Waals surface area contributed by atoms with Gasteiger partial charge in [-0.25, -0.2) is 0 Å². The van der Waals surface area contributed by atoms with Gasteiger partial charge < -0.3 is 9.63 Å². The molecule has 0 saturated carbocycles. The summed E-state index contributed by atoms with van der Waals surface area (Å²) in [5.74, 6) is 1.29. The summed E-state index contributed by atoms with van der Waals surface area (Å²) in [6, 6.07) is 0. The molecule has 0 bridgehead atoms. The minimum atomic E-state index is -0.191. The Hall–Kier alpha value is -0.940. The molecule has 0 radical (unpaired) electrons. The quantitative estimate of drug-likeness (QED) is 0.696. The maximum atomic E-state index is 9.27. The fourth-order valence-electron chi connectivity index (χ4n) is 1.55. The van der Waals surface area contributed by atoms with Gasteiger partial charge in [-0.05, 0) is 13.3 Å². The van der Waals surface area contributed by atoms with Crippen LogP contribution in [0.4, 0.5) is 0 Å². The van der Waals surface area contributed by atoms with E-state index in [2.05, 4.69) is 15.0 Å². The SMILES string of the molecule is Cc1noc(CN2CCC(O)C2)n1. The number of hydrogen-bond acceptors (Lipinski definition) is 5. The summed E-state index contributed by atoms with van der Waals surface area (Å²) >= 11 is 0. The van der Waals surface area contributed by atoms with E-state index in [4.69, 9.17) is 4.52 Å². The van der Waals surface area contributed by atoms with E-state index in [-0.39, 0.29) is 6.10 Å². The molecule has 72 valence electrons. The van der Waals surface area contributed by atoms with Crippen molar-refractivity contribution >= 4 is 0 Å². The summed E-state index contributed by atoms with van der Waals surface area (Å²) in [6.45, 7) is 4.06. The molecule has 1 aromatic rings. The van der Waals surface area contributed by atoms with Crippen LogP contribution in [-0.2, 0) is 6.54 Å². The Morgan fingerprint density at radius 3 is 3.08 bits per heavy atom. The average molecular weight is 183 g/mol. The number of aliphatic hydroxyl groups is 1. The molecule has 2 heterocycles. The van der Waals surface area contributed by atoms with Crippen LogP contribution in [0.1, 0.15) is 18.1 Å². The summed E-state index contributed by atoms with van der Waals surface area (Å²) in [5, 5.41) is 13.0. The van der Waals surface area contributed by atoms with Gasteiger partial charge in [0.25, 0.3) is 0 Å². The largest absolute Gasteiger partial charge is 0.392 e. The lowest BCUT2D eigenvalue weighted by Crippen LogP contribution is -2.21. The van der Waals surface area contributed by atoms with Gasteiger partial charge in [-0.1, -0.05) is 5.16 Å². The maximum absolute atomic E-state index is 9.27. The molecule has 5 heteroatoms. The van der Waals surface area contributed by atoms with Crippen LogP contribution in [0.2, 0.25) is 0 Å². The second kappa shape index (κ2) is 3.43. The first kappa shape index (κ1) is 8.65. The van der Waals surface area contributed by atoms with Crippen molar-refractivity contribution in [2.45, 2.75) is 26.0 Å². The monoisotopic (exact) mass is 183 g/mol. The zero-order valence-corrected chi connectivity index (χ0v) is 7.60. The van der Waals surface area contributed by atoms with Gasteiger partial charge in [0.2, 0.25) is 5.89 Å². The Bertz CT molecular complexity index is 287. The molecule has 1 aliphatic heterocycles. The Balaban J connectivity index is 1.91. The van der Waals surface area contributed by atoms with Crippen molar-refractivity contribution in [1.29, 1.82) is 0 Å². The topological polar surface area (TPSA) is 62.4 Å². The van der Waals surface area contributed by atoms with Crippen molar-refractivity contribution < 1.29 is 9.63 Å². The Labute approximate surface area is 76.4 Å². The van der Waals surface area contributed by atoms with Crippen LogP contribution in [-0.4, -0.2) is 39.3 Å². The molecule has 1 aromatic heterocycles. The Morgan fingerprint density at radius 1 is 1.69 bits per heavy atom. The first-order valence-electron chi connectivity index (χ1n) is 4.43. The predicted octanol–water partition coefficient (Wildman–Crippen LogP) is -0.0554. The highest BCUT2D eigenvalue weighted by atomic mass is 16.5. The van der Waals surface area contributed by atoms with E-state index >= 15 is 0 Å². The van der Waals surface area contributed by atoms with Gasteiger partial charge in [-0.15, -0.1) is 0 Å². The van der Waals surface area contributed by atoms with E-state index in [9.17, 15) is 5.11 Å². The van der Waals surface area contributed by atoms with Crippen molar-refractivity contribution in [1.82, 2.24) is 15.0 Å². The Kier molecular flexibility index (Phi) is 2.28. The summed E-state index contributed by atoms with van der Waals surface area (Å²) in [5.41, 5.74) is 0. The van der Waals surface area contributed by atoms with Crippen LogP contribution in [0.5, 0.6) is 0 Å². The van der Waals surface area contributed by atoms with Crippen molar-refractivity contribution in [2.75, 3.05) is 13.1 Å². The van der Waals surface area contributed by atoms with E-state index in [1.54, 1.807) is 6.92 Å². The van der Waals surface area contributed by atoms with Crippen LogP contribution >= 0.6 is 0 Å². The zero-order valence-electron chi connectivity index (χ0n) is 7.60. The molecule has 0 aromatic carbocycles. The van der Waals surface area contributed by atoms with Gasteiger partial charge in [0, 0.05) is 13.1 Å². The molecule has 5 nitrogen and oxygen atoms in total. The van der Waals surface area contributed by atoms with Gasteiger partial charge in [-0.3, -0.25) is 4.90 Å². The third-order valence-electron chi connectivity index (χ3n) is 2.18. The highest BCUT2D eigenvalue weighted by molar-refractivity contribution is 4.85. The number of β-amino-alcohol motifs (C(OH)–C–C–N with tert-alkyl or cyclic N) is 1. The van der Waals surface area contributed by atoms with Crippen molar-refractivity contribution in [2.24, 2.45) is 0 Å². The summed E-state index contributed by atoms with van der Waals surface area (Å²) in [6.07, 6.45) is 0.650. The van der Waals surface area contributed by atoms with Crippen molar-refractivity contribution in [3.63, 3.8) is 0 Å². The molecule has 1 fully saturated rings. The van der Waals surface area contributed by atoms with E-state index in [1.807, 2.05) is 0 Å². The third-order valence-corrected chi connectivity index (χ3v) is 2.18. The fraction of sp³-hybridized carbons (Fsp3) is 0.750. The van der Waals surface area contributed by atoms with Crippen LogP contribution in [0.15, 0.2) is 4.52 Å². The van der Waals surface area contributed by atoms with E-state index in [1.165, 1.54) is 0 Å². The van der Waals surface area contributed by atoms with Gasteiger partial charge in [-0.2, -0.15) is 4.98 Å². The minimum absolute atomic E-state index is 0.191. The first-order chi connectivity index (χ1) is 6.24. The number of aliphatic hydroxyl groups excluding tert-OH is 1. The predicted molar refractivity (Wildman–Crippen MR) is 44.9 cm³/mol. The molecular weight excluding hydrogens is 170 g/mol. The highest BCUT2D eigenvalue weighted by Crippen LogP contribution is 2.11. The van der Waals surface area contributed by atoms with Gasteiger partial charge in [0.05, 0.1) is 12.6 Å². The summed E-state index contributed by atoms with van der Waals surface area (Å²) < 4.78 is 4.98. The number of hydrogen-bond donors (Lipinski definition) is 1. The molecule has 1 atom stereocenters. The van der Waals surface area contributed by atoms with Gasteiger partial charge >= 0.3 is 0 Å². The van der Waals surface area contributed by atoms with Gasteiger partial charge in [0.1, 0.15) is 0 Å². The lowest BCUT2D eigenvalue weighted by Gasteiger charge is -2.10. The molecule has 0 amide bonds. The number of rotatable bonds is 2. The molecular formula is C8H13N3O2. The minimum Gasteiger partial charge on any atom is -0.392 e. The van der Waals surface area contributed by atoms with Crippen LogP contribution in [0.3, 0.4) is 0 Å². The van der Waals surface area contributed by atoms with Gasteiger partial charge in [0.15, 0.2) is 5.82 Å². The first-order valence-corrected chi connectivity index (χ1v) is 4.43. The van der Waals surface area contributed by atoms with Crippen LogP contribution < -0.4 is 0 Å². The van der Waals surface area contributed by atoms with Crippen LogP contribution in [0, 0.1) is 6.92 Å². The lowest BCUT2D eigenvalue weighted by atomic mass is 10.3. The molecule has 13 heavy (non-hydrogen) atoms. The van der Waals surface area contributed by atoms with E-state index < -0.39 is 0 Å². The Morgan fingerprint density at radius 2 is 2.54 bits per heavy atom. The fourth-order valence-corrected chi connectivity index (χ4v) is 1.55. The standard InChI is InChI=1S/C8H13N3O2/c1-6-9-8(13-10-6)5-11-3-2-7(12)4-11/h7,12H,2-5H2,1H3. The smallest absolute Gasteiger partial charge is 0.240 e. The number of nitrogens with zero attached hydrogens (tertiary/aromatic N) is 3. The molecule has 1 unspecified atom stereocenters. The molecule has 1 aliphatic rings. The second-order valence-electron chi connectivity index (χ2n) is 3.41. The third kappa shape index (κ3) is 2.05. The zero-order chi connectivity index (χ0) is 9.26. The van der Waals surface area contributed by atoms with E-state index in [0.717, 1.165) is 13.0 Å². The van der Waals surface area contributed by atoms with Crippen molar-refractivity contribution in [3.8, 4) is 0 Å². The molecule has 0 aliphatic carbocycles. The molecule has 2 rings (SSSR count). The van der Waals surface area contributed by atoms with E-state index in [0.29, 0.717) is 24.8 Å². The van der Waals surface area contributed by atoms with Crippen molar-refractivity contribution in [3.05, 3.63) is 11.7 Å². The summed E-state index contributed by atoms with van der Waals surface area (Å²) in [4.78, 5) is 6.21. The number of aromatic nitrogens is 2. The number of likely N-dealkylation sites (tertiary alicyclic amines) is 1. The molecule has 0 spiro atoms. The highest BCUT2D eigenvalue weighted by Gasteiger charge is 2.21. The lowest BCUT2D eigenvalue weighted by molar-refractivity contribution is 0.169. The molecule has 1 saturated heterocycles.